The zero-order chi connectivity index (χ0) is 18.9. The largest absolute Gasteiger partial charge is 0.330 e. The molecule has 140 valence electrons. The summed E-state index contributed by atoms with van der Waals surface area (Å²) in [6, 6.07) is 10.1. The van der Waals surface area contributed by atoms with Crippen molar-refractivity contribution in [3.8, 4) is 0 Å². The number of aryl methyl sites for hydroxylation is 1. The fourth-order valence-electron chi connectivity index (χ4n) is 3.20. The highest BCUT2D eigenvalue weighted by atomic mass is 32.2. The van der Waals surface area contributed by atoms with Crippen molar-refractivity contribution in [2.45, 2.75) is 11.4 Å². The normalized spacial score (nSPS) is 16.7. The van der Waals surface area contributed by atoms with E-state index >= 15 is 0 Å². The first-order valence-corrected chi connectivity index (χ1v) is 9.89. The Labute approximate surface area is 151 Å². The van der Waals surface area contributed by atoms with Crippen molar-refractivity contribution in [3.05, 3.63) is 62.9 Å². The molecule has 0 unspecified atom stereocenters. The van der Waals surface area contributed by atoms with Crippen LogP contribution in [0.2, 0.25) is 0 Å². The first-order chi connectivity index (χ1) is 12.3. The number of rotatable bonds is 4. The van der Waals surface area contributed by atoms with Crippen molar-refractivity contribution in [1.82, 2.24) is 13.4 Å². The van der Waals surface area contributed by atoms with E-state index in [1.54, 1.807) is 0 Å². The first kappa shape index (κ1) is 18.6. The van der Waals surface area contributed by atoms with Gasteiger partial charge in [0.05, 0.1) is 26.2 Å². The number of piperazine rings is 1. The third-order valence-corrected chi connectivity index (χ3v) is 6.64. The molecule has 1 aliphatic heterocycles. The molecule has 0 bridgehead atoms. The van der Waals surface area contributed by atoms with Crippen LogP contribution in [0.3, 0.4) is 0 Å². The number of quaternary nitrogens is 1. The topological polar surface area (TPSA) is 85.8 Å². The lowest BCUT2D eigenvalue weighted by Gasteiger charge is -2.31. The van der Waals surface area contributed by atoms with Crippen LogP contribution in [0.1, 0.15) is 5.56 Å². The summed E-state index contributed by atoms with van der Waals surface area (Å²) in [5.41, 5.74) is -0.121. The van der Waals surface area contributed by atoms with Crippen LogP contribution in [0, 0.1) is 0 Å². The molecule has 1 aliphatic rings. The Morgan fingerprint density at radius 3 is 2.27 bits per heavy atom. The average Bonchev–Trinajstić information content (AvgIpc) is 2.64. The molecule has 1 N–H and O–H groups in total. The number of nitrogens with zero attached hydrogens (tertiary/aromatic N) is 3. The van der Waals surface area contributed by atoms with E-state index in [4.69, 9.17) is 0 Å². The molecule has 1 aromatic heterocycles. The van der Waals surface area contributed by atoms with Crippen LogP contribution in [0.4, 0.5) is 0 Å². The molecule has 1 aromatic carbocycles. The summed E-state index contributed by atoms with van der Waals surface area (Å²) in [5, 5.41) is 0. The standard InChI is InChI=1S/C17H22N4O4S/c1-18-13-15(16(22)19(2)17(18)23)26(24,25)21-10-8-20(9-11-21)12-14-6-4-3-5-7-14/h3-7,13H,8-12H2,1-2H3/p+1. The summed E-state index contributed by atoms with van der Waals surface area (Å²) in [6.07, 6.45) is 1.11. The van der Waals surface area contributed by atoms with Crippen molar-refractivity contribution in [2.75, 3.05) is 26.2 Å². The van der Waals surface area contributed by atoms with Gasteiger partial charge >= 0.3 is 5.69 Å². The van der Waals surface area contributed by atoms with E-state index in [0.717, 1.165) is 21.9 Å². The van der Waals surface area contributed by atoms with Gasteiger partial charge in [0.15, 0.2) is 4.90 Å². The molecule has 26 heavy (non-hydrogen) atoms. The highest BCUT2D eigenvalue weighted by molar-refractivity contribution is 7.89. The molecule has 8 nitrogen and oxygen atoms in total. The SMILES string of the molecule is Cn1cc(S(=O)(=O)N2CC[NH+](Cc3ccccc3)CC2)c(=O)n(C)c1=O. The molecular weight excluding hydrogens is 356 g/mol. The van der Waals surface area contributed by atoms with Crippen LogP contribution in [0.15, 0.2) is 51.0 Å². The monoisotopic (exact) mass is 379 g/mol. The molecule has 1 saturated heterocycles. The smallest absolute Gasteiger partial charge is 0.329 e. The fourth-order valence-corrected chi connectivity index (χ4v) is 4.79. The van der Waals surface area contributed by atoms with Crippen LogP contribution in [0.5, 0.6) is 0 Å². The summed E-state index contributed by atoms with van der Waals surface area (Å²) in [4.78, 5) is 25.0. The van der Waals surface area contributed by atoms with Crippen LogP contribution in [-0.4, -0.2) is 48.0 Å². The second-order valence-electron chi connectivity index (χ2n) is 6.57. The molecule has 0 aliphatic carbocycles. The Kier molecular flexibility index (Phi) is 5.12. The van der Waals surface area contributed by atoms with Gasteiger partial charge < -0.3 is 9.47 Å². The lowest BCUT2D eigenvalue weighted by atomic mass is 10.2. The van der Waals surface area contributed by atoms with Gasteiger partial charge in [-0.15, -0.1) is 0 Å². The Balaban J connectivity index is 1.77. The minimum absolute atomic E-state index is 0.344. The third kappa shape index (κ3) is 3.50. The minimum atomic E-state index is -3.92. The summed E-state index contributed by atoms with van der Waals surface area (Å²) in [6.45, 7) is 2.86. The molecule has 2 aromatic rings. The Morgan fingerprint density at radius 1 is 1.04 bits per heavy atom. The second-order valence-corrected chi connectivity index (χ2v) is 8.47. The number of hydrogen-bond acceptors (Lipinski definition) is 4. The lowest BCUT2D eigenvalue weighted by Crippen LogP contribution is -3.13. The Morgan fingerprint density at radius 2 is 1.65 bits per heavy atom. The number of nitrogens with one attached hydrogen (secondary N) is 1. The van der Waals surface area contributed by atoms with Crippen molar-refractivity contribution < 1.29 is 13.3 Å². The first-order valence-electron chi connectivity index (χ1n) is 8.45. The van der Waals surface area contributed by atoms with Gasteiger partial charge in [0.25, 0.3) is 5.56 Å². The van der Waals surface area contributed by atoms with Crippen molar-refractivity contribution in [1.29, 1.82) is 0 Å². The number of hydrogen-bond donors (Lipinski definition) is 1. The maximum absolute atomic E-state index is 12.9. The molecule has 2 heterocycles. The highest BCUT2D eigenvalue weighted by Gasteiger charge is 2.33. The van der Waals surface area contributed by atoms with Gasteiger partial charge in [-0.05, 0) is 0 Å². The van der Waals surface area contributed by atoms with Crippen LogP contribution < -0.4 is 16.1 Å². The molecule has 0 atom stereocenters. The predicted molar refractivity (Wildman–Crippen MR) is 96.5 cm³/mol. The van der Waals surface area contributed by atoms with Gasteiger partial charge in [0, 0.05) is 25.9 Å². The van der Waals surface area contributed by atoms with E-state index in [-0.39, 0.29) is 4.90 Å². The van der Waals surface area contributed by atoms with Crippen LogP contribution >= 0.6 is 0 Å². The van der Waals surface area contributed by atoms with E-state index in [2.05, 4.69) is 12.1 Å². The van der Waals surface area contributed by atoms with E-state index in [1.807, 2.05) is 18.2 Å². The number of aromatic nitrogens is 2. The summed E-state index contributed by atoms with van der Waals surface area (Å²) < 4.78 is 29.0. The van der Waals surface area contributed by atoms with Gasteiger partial charge in [0.2, 0.25) is 10.0 Å². The molecule has 0 spiro atoms. The van der Waals surface area contributed by atoms with Crippen LogP contribution in [-0.2, 0) is 30.7 Å². The van der Waals surface area contributed by atoms with E-state index in [9.17, 15) is 18.0 Å². The Bertz CT molecular complexity index is 1000. The van der Waals surface area contributed by atoms with Gasteiger partial charge in [-0.25, -0.2) is 13.2 Å². The fraction of sp³-hybridized carbons (Fsp3) is 0.412. The number of benzene rings is 1. The van der Waals surface area contributed by atoms with E-state index in [0.29, 0.717) is 26.2 Å². The van der Waals surface area contributed by atoms with Gasteiger partial charge in [0.1, 0.15) is 6.54 Å². The number of sulfonamides is 1. The van der Waals surface area contributed by atoms with Crippen molar-refractivity contribution in [2.24, 2.45) is 14.1 Å². The third-order valence-electron chi connectivity index (χ3n) is 4.76. The summed E-state index contributed by atoms with van der Waals surface area (Å²) in [5.74, 6) is 0. The molecule has 1 fully saturated rings. The predicted octanol–water partition coefficient (Wildman–Crippen LogP) is -1.83. The lowest BCUT2D eigenvalue weighted by molar-refractivity contribution is -0.917. The molecule has 0 saturated carbocycles. The maximum Gasteiger partial charge on any atom is 0.330 e. The Hall–Kier alpha value is -2.23. The van der Waals surface area contributed by atoms with Crippen molar-refractivity contribution in [3.63, 3.8) is 0 Å². The van der Waals surface area contributed by atoms with Gasteiger partial charge in [-0.2, -0.15) is 4.31 Å². The second kappa shape index (κ2) is 7.18. The molecule has 3 rings (SSSR count). The van der Waals surface area contributed by atoms with E-state index < -0.39 is 21.3 Å². The van der Waals surface area contributed by atoms with E-state index in [1.165, 1.54) is 28.9 Å². The zero-order valence-electron chi connectivity index (χ0n) is 14.9. The van der Waals surface area contributed by atoms with Gasteiger partial charge in [-0.1, -0.05) is 30.3 Å². The maximum atomic E-state index is 12.9. The molecule has 0 radical (unpaired) electrons. The molecular formula is C17H23N4O4S+. The van der Waals surface area contributed by atoms with Crippen LogP contribution in [0.25, 0.3) is 0 Å². The van der Waals surface area contributed by atoms with Gasteiger partial charge in [-0.3, -0.25) is 9.36 Å². The highest BCUT2D eigenvalue weighted by Crippen LogP contribution is 2.10. The van der Waals surface area contributed by atoms with Crippen molar-refractivity contribution >= 4 is 10.0 Å². The molecule has 0 amide bonds. The summed E-state index contributed by atoms with van der Waals surface area (Å²) >= 11 is 0. The minimum Gasteiger partial charge on any atom is -0.329 e. The summed E-state index contributed by atoms with van der Waals surface area (Å²) in [7, 11) is -1.21. The molecule has 9 heteroatoms. The average molecular weight is 379 g/mol. The zero-order valence-corrected chi connectivity index (χ0v) is 15.7. The quantitative estimate of drug-likeness (QED) is 0.677.